The van der Waals surface area contributed by atoms with Crippen LogP contribution in [0.4, 0.5) is 0 Å². The van der Waals surface area contributed by atoms with Gasteiger partial charge in [-0.05, 0) is 19.1 Å². The van der Waals surface area contributed by atoms with Crippen LogP contribution in [-0.2, 0) is 11.3 Å². The molecule has 1 unspecified atom stereocenters. The van der Waals surface area contributed by atoms with Crippen molar-refractivity contribution in [2.24, 2.45) is 0 Å². The summed E-state index contributed by atoms with van der Waals surface area (Å²) >= 11 is 0. The van der Waals surface area contributed by atoms with Gasteiger partial charge in [-0.3, -0.25) is 9.80 Å². The molecule has 1 fully saturated rings. The number of hydrogen-bond acceptors (Lipinski definition) is 5. The molecule has 0 amide bonds. The highest BCUT2D eigenvalue weighted by Crippen LogP contribution is 2.17. The highest BCUT2D eigenvalue weighted by Gasteiger charge is 2.24. The zero-order valence-corrected chi connectivity index (χ0v) is 12.8. The van der Waals surface area contributed by atoms with Crippen molar-refractivity contribution < 1.29 is 9.15 Å². The van der Waals surface area contributed by atoms with Crippen LogP contribution in [-0.4, -0.2) is 60.7 Å². The molecule has 2 heterocycles. The molecule has 0 radical (unpaired) electrons. The molecule has 1 aromatic carbocycles. The van der Waals surface area contributed by atoms with Gasteiger partial charge in [-0.2, -0.15) is 0 Å². The Balaban J connectivity index is 1.59. The second-order valence-electron chi connectivity index (χ2n) is 5.69. The van der Waals surface area contributed by atoms with Crippen molar-refractivity contribution in [1.29, 1.82) is 0 Å². The zero-order valence-electron chi connectivity index (χ0n) is 12.8. The molecule has 0 saturated carbocycles. The molecule has 2 aromatic rings. The highest BCUT2D eigenvalue weighted by atomic mass is 16.5. The fourth-order valence-corrected chi connectivity index (χ4v) is 2.93. The molecule has 1 aliphatic heterocycles. The Bertz CT molecular complexity index is 551. The maximum atomic E-state index is 5.81. The van der Waals surface area contributed by atoms with Crippen molar-refractivity contribution in [2.45, 2.75) is 19.5 Å². The van der Waals surface area contributed by atoms with Gasteiger partial charge in [0.25, 0.3) is 0 Å². The zero-order chi connectivity index (χ0) is 14.7. The smallest absolute Gasteiger partial charge is 0.209 e. The molecule has 5 nitrogen and oxygen atoms in total. The fourth-order valence-electron chi connectivity index (χ4n) is 2.93. The van der Waals surface area contributed by atoms with Crippen LogP contribution in [0.25, 0.3) is 11.1 Å². The summed E-state index contributed by atoms with van der Waals surface area (Å²) in [6.07, 6.45) is 0. The molecule has 0 bridgehead atoms. The van der Waals surface area contributed by atoms with Gasteiger partial charge in [0.1, 0.15) is 5.52 Å². The van der Waals surface area contributed by atoms with E-state index in [4.69, 9.17) is 9.15 Å². The lowest BCUT2D eigenvalue weighted by molar-refractivity contribution is 0.0524. The monoisotopic (exact) mass is 289 g/mol. The second-order valence-corrected chi connectivity index (χ2v) is 5.69. The molecule has 3 rings (SSSR count). The van der Waals surface area contributed by atoms with Crippen LogP contribution in [0.1, 0.15) is 12.8 Å². The first-order valence-corrected chi connectivity index (χ1v) is 7.56. The summed E-state index contributed by atoms with van der Waals surface area (Å²) in [7, 11) is 1.76. The summed E-state index contributed by atoms with van der Waals surface area (Å²) in [5.74, 6) is 0.814. The number of piperazine rings is 1. The minimum absolute atomic E-state index is 0.540. The second kappa shape index (κ2) is 6.56. The maximum Gasteiger partial charge on any atom is 0.209 e. The van der Waals surface area contributed by atoms with E-state index in [-0.39, 0.29) is 0 Å². The first-order chi connectivity index (χ1) is 10.3. The number of aromatic nitrogens is 1. The Morgan fingerprint density at radius 2 is 2.19 bits per heavy atom. The van der Waals surface area contributed by atoms with Gasteiger partial charge in [-0.15, -0.1) is 0 Å². The molecule has 0 spiro atoms. The lowest BCUT2D eigenvalue weighted by atomic mass is 10.2. The van der Waals surface area contributed by atoms with Gasteiger partial charge in [0.15, 0.2) is 5.58 Å². The van der Waals surface area contributed by atoms with Crippen LogP contribution in [0.15, 0.2) is 28.7 Å². The van der Waals surface area contributed by atoms with Crippen LogP contribution in [0.5, 0.6) is 0 Å². The van der Waals surface area contributed by atoms with E-state index >= 15 is 0 Å². The van der Waals surface area contributed by atoms with Crippen LogP contribution < -0.4 is 0 Å². The minimum atomic E-state index is 0.540. The lowest BCUT2D eigenvalue weighted by Gasteiger charge is -2.39. The largest absolute Gasteiger partial charge is 0.439 e. The average molecular weight is 289 g/mol. The predicted octanol–water partition coefficient (Wildman–Crippen LogP) is 1.98. The molecular weight excluding hydrogens is 266 g/mol. The number of rotatable bonds is 5. The summed E-state index contributed by atoms with van der Waals surface area (Å²) < 4.78 is 11.0. The number of hydrogen-bond donors (Lipinski definition) is 0. The molecule has 0 N–H and O–H groups in total. The Morgan fingerprint density at radius 3 is 2.95 bits per heavy atom. The molecule has 0 aliphatic carbocycles. The van der Waals surface area contributed by atoms with Crippen LogP contribution >= 0.6 is 0 Å². The van der Waals surface area contributed by atoms with E-state index < -0.39 is 0 Å². The number of benzene rings is 1. The molecular formula is C16H23N3O2. The van der Waals surface area contributed by atoms with Crippen molar-refractivity contribution in [3.8, 4) is 0 Å². The third kappa shape index (κ3) is 3.43. The molecule has 1 saturated heterocycles. The number of nitrogens with zero attached hydrogens (tertiary/aromatic N) is 3. The molecule has 1 aliphatic rings. The lowest BCUT2D eigenvalue weighted by Crippen LogP contribution is -2.52. The van der Waals surface area contributed by atoms with E-state index in [9.17, 15) is 0 Å². The topological polar surface area (TPSA) is 41.7 Å². The molecule has 114 valence electrons. The van der Waals surface area contributed by atoms with Crippen molar-refractivity contribution in [1.82, 2.24) is 14.8 Å². The summed E-state index contributed by atoms with van der Waals surface area (Å²) in [6, 6.07) is 8.47. The quantitative estimate of drug-likeness (QED) is 0.842. The first-order valence-electron chi connectivity index (χ1n) is 7.56. The molecule has 21 heavy (non-hydrogen) atoms. The van der Waals surface area contributed by atoms with E-state index in [2.05, 4.69) is 21.7 Å². The van der Waals surface area contributed by atoms with E-state index in [1.807, 2.05) is 24.3 Å². The fraction of sp³-hybridized carbons (Fsp3) is 0.562. The van der Waals surface area contributed by atoms with Gasteiger partial charge >= 0.3 is 0 Å². The van der Waals surface area contributed by atoms with Crippen molar-refractivity contribution in [2.75, 3.05) is 39.9 Å². The van der Waals surface area contributed by atoms with Gasteiger partial charge in [-0.25, -0.2) is 4.98 Å². The van der Waals surface area contributed by atoms with E-state index in [1.54, 1.807) is 7.11 Å². The standard InChI is InChI=1S/C16H23N3O2/c1-13-11-18(7-8-19(13)9-10-20-2)12-16-17-14-5-3-4-6-15(14)21-16/h3-6,13H,7-12H2,1-2H3. The molecule has 1 aromatic heterocycles. The summed E-state index contributed by atoms with van der Waals surface area (Å²) in [5, 5.41) is 0. The first kappa shape index (κ1) is 14.5. The number of methoxy groups -OCH3 is 1. The van der Waals surface area contributed by atoms with Crippen molar-refractivity contribution >= 4 is 11.1 Å². The number of para-hydroxylation sites is 2. The third-order valence-corrected chi connectivity index (χ3v) is 4.13. The normalized spacial score (nSPS) is 21.1. The maximum absolute atomic E-state index is 5.81. The summed E-state index contributed by atoms with van der Waals surface area (Å²) in [4.78, 5) is 9.45. The minimum Gasteiger partial charge on any atom is -0.439 e. The third-order valence-electron chi connectivity index (χ3n) is 4.13. The van der Waals surface area contributed by atoms with Crippen LogP contribution in [0.2, 0.25) is 0 Å². The van der Waals surface area contributed by atoms with E-state index in [1.165, 1.54) is 0 Å². The summed E-state index contributed by atoms with van der Waals surface area (Å²) in [6.45, 7) is 8.04. The van der Waals surface area contributed by atoms with Gasteiger partial charge in [-0.1, -0.05) is 12.1 Å². The van der Waals surface area contributed by atoms with Gasteiger partial charge in [0.2, 0.25) is 5.89 Å². The SMILES string of the molecule is COCCN1CCN(Cc2nc3ccccc3o2)CC1C. The Hall–Kier alpha value is -1.43. The van der Waals surface area contributed by atoms with Crippen molar-refractivity contribution in [3.63, 3.8) is 0 Å². The average Bonchev–Trinajstić information content (AvgIpc) is 2.88. The van der Waals surface area contributed by atoms with Crippen LogP contribution in [0.3, 0.4) is 0 Å². The van der Waals surface area contributed by atoms with Crippen molar-refractivity contribution in [3.05, 3.63) is 30.2 Å². The number of oxazole rings is 1. The summed E-state index contributed by atoms with van der Waals surface area (Å²) in [5.41, 5.74) is 1.82. The van der Waals surface area contributed by atoms with Gasteiger partial charge < -0.3 is 9.15 Å². The number of ether oxygens (including phenoxy) is 1. The molecule has 1 atom stereocenters. The Morgan fingerprint density at radius 1 is 1.33 bits per heavy atom. The Kier molecular flexibility index (Phi) is 4.53. The molecule has 5 heteroatoms. The van der Waals surface area contributed by atoms with Crippen LogP contribution in [0, 0.1) is 0 Å². The predicted molar refractivity (Wildman–Crippen MR) is 82.2 cm³/mol. The number of fused-ring (bicyclic) bond motifs is 1. The highest BCUT2D eigenvalue weighted by molar-refractivity contribution is 5.72. The van der Waals surface area contributed by atoms with E-state index in [0.717, 1.165) is 56.3 Å². The van der Waals surface area contributed by atoms with E-state index in [0.29, 0.717) is 6.04 Å². The van der Waals surface area contributed by atoms with Gasteiger partial charge in [0, 0.05) is 39.3 Å². The van der Waals surface area contributed by atoms with Gasteiger partial charge in [0.05, 0.1) is 13.2 Å². The Labute approximate surface area is 125 Å².